The third kappa shape index (κ3) is 8.22. The minimum absolute atomic E-state index is 0. The molecule has 1 unspecified atom stereocenters. The van der Waals surface area contributed by atoms with Crippen LogP contribution in [0.5, 0.6) is 0 Å². The molecule has 26 heavy (non-hydrogen) atoms. The van der Waals surface area contributed by atoms with Gasteiger partial charge in [0.1, 0.15) is 0 Å². The smallest absolute Gasteiger partial charge is 0.191 e. The number of likely N-dealkylation sites (tertiary alicyclic amines) is 1. The molecule has 5 nitrogen and oxygen atoms in total. The molecule has 0 spiro atoms. The van der Waals surface area contributed by atoms with E-state index in [0.29, 0.717) is 18.6 Å². The van der Waals surface area contributed by atoms with E-state index >= 15 is 0 Å². The molecule has 1 saturated heterocycles. The lowest BCUT2D eigenvalue weighted by Gasteiger charge is -2.29. The van der Waals surface area contributed by atoms with E-state index in [2.05, 4.69) is 64.7 Å². The molecule has 148 valence electrons. The first-order chi connectivity index (χ1) is 12.2. The van der Waals surface area contributed by atoms with Gasteiger partial charge in [-0.15, -0.1) is 24.0 Å². The molecule has 0 radical (unpaired) electrons. The Labute approximate surface area is 176 Å². The molecule has 1 fully saturated rings. The Morgan fingerprint density at radius 3 is 2.46 bits per heavy atom. The highest BCUT2D eigenvalue weighted by molar-refractivity contribution is 14.0. The molecule has 1 aliphatic heterocycles. The Balaban J connectivity index is 0.00000338. The van der Waals surface area contributed by atoms with Crippen LogP contribution >= 0.6 is 24.0 Å². The van der Waals surface area contributed by atoms with Crippen LogP contribution < -0.4 is 10.6 Å². The molecular formula is C20H35IN4O. The van der Waals surface area contributed by atoms with Crippen molar-refractivity contribution in [2.75, 3.05) is 46.4 Å². The molecule has 1 aromatic rings. The van der Waals surface area contributed by atoms with E-state index in [9.17, 15) is 0 Å². The van der Waals surface area contributed by atoms with E-state index in [1.165, 1.54) is 31.5 Å². The number of hydrogen-bond donors (Lipinski definition) is 2. The summed E-state index contributed by atoms with van der Waals surface area (Å²) in [7, 11) is 1.82. The summed E-state index contributed by atoms with van der Waals surface area (Å²) in [5.74, 6) is 1.41. The maximum Gasteiger partial charge on any atom is 0.191 e. The van der Waals surface area contributed by atoms with Crippen LogP contribution in [0.1, 0.15) is 38.3 Å². The first-order valence-electron chi connectivity index (χ1n) is 9.52. The number of rotatable bonds is 9. The molecule has 1 aliphatic rings. The van der Waals surface area contributed by atoms with Crippen molar-refractivity contribution in [3.8, 4) is 0 Å². The third-order valence-electron chi connectivity index (χ3n) is 4.44. The van der Waals surface area contributed by atoms with Gasteiger partial charge in [-0.05, 0) is 37.4 Å². The summed E-state index contributed by atoms with van der Waals surface area (Å²) in [5, 5.41) is 6.82. The van der Waals surface area contributed by atoms with E-state index in [1.807, 2.05) is 7.05 Å². The standard InChI is InChI=1S/C20H34N4O.HI/c1-17(2)16-25-14-11-22-20(21-3)23-15-19(24-12-7-8-13-24)18-9-5-4-6-10-18;/h4-6,9-10,17,19H,7-8,11-16H2,1-3H3,(H2,21,22,23);1H. The van der Waals surface area contributed by atoms with Gasteiger partial charge in [0.15, 0.2) is 5.96 Å². The molecule has 0 aliphatic carbocycles. The lowest BCUT2D eigenvalue weighted by atomic mass is 10.1. The second kappa shape index (κ2) is 13.3. The Kier molecular flexibility index (Phi) is 11.9. The quantitative estimate of drug-likeness (QED) is 0.250. The monoisotopic (exact) mass is 474 g/mol. The van der Waals surface area contributed by atoms with Crippen LogP contribution in [0.2, 0.25) is 0 Å². The van der Waals surface area contributed by atoms with Crippen molar-refractivity contribution >= 4 is 29.9 Å². The Hall–Kier alpha value is -0.860. The van der Waals surface area contributed by atoms with Gasteiger partial charge in [0.05, 0.1) is 12.6 Å². The van der Waals surface area contributed by atoms with Crippen LogP contribution in [0, 0.1) is 5.92 Å². The molecule has 2 rings (SSSR count). The normalized spacial score (nSPS) is 16.4. The Bertz CT molecular complexity index is 504. The number of guanidine groups is 1. The van der Waals surface area contributed by atoms with E-state index in [0.717, 1.165) is 25.7 Å². The number of ether oxygens (including phenoxy) is 1. The van der Waals surface area contributed by atoms with Crippen molar-refractivity contribution in [2.45, 2.75) is 32.7 Å². The topological polar surface area (TPSA) is 48.9 Å². The van der Waals surface area contributed by atoms with Crippen molar-refractivity contribution in [3.63, 3.8) is 0 Å². The Morgan fingerprint density at radius 2 is 1.85 bits per heavy atom. The summed E-state index contributed by atoms with van der Waals surface area (Å²) in [4.78, 5) is 6.90. The fourth-order valence-corrected chi connectivity index (χ4v) is 3.16. The maximum atomic E-state index is 5.61. The predicted molar refractivity (Wildman–Crippen MR) is 120 cm³/mol. The zero-order chi connectivity index (χ0) is 17.9. The SMILES string of the molecule is CN=C(NCCOCC(C)C)NCC(c1ccccc1)N1CCCC1.I. The van der Waals surface area contributed by atoms with Crippen LogP contribution in [0.3, 0.4) is 0 Å². The van der Waals surface area contributed by atoms with Crippen molar-refractivity contribution in [3.05, 3.63) is 35.9 Å². The fraction of sp³-hybridized carbons (Fsp3) is 0.650. The first-order valence-corrected chi connectivity index (χ1v) is 9.52. The number of hydrogen-bond acceptors (Lipinski definition) is 3. The van der Waals surface area contributed by atoms with Gasteiger partial charge in [-0.1, -0.05) is 44.2 Å². The summed E-state index contributed by atoms with van der Waals surface area (Å²) < 4.78 is 5.61. The zero-order valence-electron chi connectivity index (χ0n) is 16.4. The van der Waals surface area contributed by atoms with Gasteiger partial charge >= 0.3 is 0 Å². The number of nitrogens with one attached hydrogen (secondary N) is 2. The summed E-state index contributed by atoms with van der Waals surface area (Å²) in [6.45, 7) is 9.81. The number of halogens is 1. The molecular weight excluding hydrogens is 439 g/mol. The van der Waals surface area contributed by atoms with Gasteiger partial charge in [-0.3, -0.25) is 9.89 Å². The van der Waals surface area contributed by atoms with Gasteiger partial charge in [0.25, 0.3) is 0 Å². The summed E-state index contributed by atoms with van der Waals surface area (Å²) >= 11 is 0. The van der Waals surface area contributed by atoms with Crippen molar-refractivity contribution in [1.29, 1.82) is 0 Å². The van der Waals surface area contributed by atoms with Crippen LogP contribution in [0.4, 0.5) is 0 Å². The average Bonchev–Trinajstić information content (AvgIpc) is 3.15. The maximum absolute atomic E-state index is 5.61. The van der Waals surface area contributed by atoms with Crippen LogP contribution in [0.25, 0.3) is 0 Å². The predicted octanol–water partition coefficient (Wildman–Crippen LogP) is 3.28. The van der Waals surface area contributed by atoms with Gasteiger partial charge in [-0.2, -0.15) is 0 Å². The fourth-order valence-electron chi connectivity index (χ4n) is 3.16. The van der Waals surface area contributed by atoms with Gasteiger partial charge in [-0.25, -0.2) is 0 Å². The molecule has 0 aromatic heterocycles. The lowest BCUT2D eigenvalue weighted by molar-refractivity contribution is 0.114. The van der Waals surface area contributed by atoms with E-state index in [1.54, 1.807) is 0 Å². The lowest BCUT2D eigenvalue weighted by Crippen LogP contribution is -2.43. The molecule has 0 saturated carbocycles. The molecule has 2 N–H and O–H groups in total. The highest BCUT2D eigenvalue weighted by Gasteiger charge is 2.23. The molecule has 1 aromatic carbocycles. The number of aliphatic imine (C=N–C) groups is 1. The van der Waals surface area contributed by atoms with E-state index in [-0.39, 0.29) is 24.0 Å². The second-order valence-electron chi connectivity index (χ2n) is 7.02. The van der Waals surface area contributed by atoms with E-state index in [4.69, 9.17) is 4.74 Å². The molecule has 0 amide bonds. The largest absolute Gasteiger partial charge is 0.379 e. The van der Waals surface area contributed by atoms with Gasteiger partial charge < -0.3 is 15.4 Å². The first kappa shape index (κ1) is 23.2. The van der Waals surface area contributed by atoms with Gasteiger partial charge in [0.2, 0.25) is 0 Å². The summed E-state index contributed by atoms with van der Waals surface area (Å²) in [6, 6.07) is 11.2. The Morgan fingerprint density at radius 1 is 1.15 bits per heavy atom. The summed E-state index contributed by atoms with van der Waals surface area (Å²) in [6.07, 6.45) is 2.59. The molecule has 6 heteroatoms. The van der Waals surface area contributed by atoms with Crippen LogP contribution in [-0.2, 0) is 4.74 Å². The summed E-state index contributed by atoms with van der Waals surface area (Å²) in [5.41, 5.74) is 1.37. The molecule has 1 heterocycles. The highest BCUT2D eigenvalue weighted by atomic mass is 127. The minimum Gasteiger partial charge on any atom is -0.379 e. The second-order valence-corrected chi connectivity index (χ2v) is 7.02. The van der Waals surface area contributed by atoms with E-state index < -0.39 is 0 Å². The van der Waals surface area contributed by atoms with Gasteiger partial charge in [0, 0.05) is 26.7 Å². The van der Waals surface area contributed by atoms with Crippen LogP contribution in [0.15, 0.2) is 35.3 Å². The molecule has 0 bridgehead atoms. The van der Waals surface area contributed by atoms with Crippen molar-refractivity contribution in [1.82, 2.24) is 15.5 Å². The van der Waals surface area contributed by atoms with Crippen LogP contribution in [-0.4, -0.2) is 57.3 Å². The minimum atomic E-state index is 0. The van der Waals surface area contributed by atoms with Crippen molar-refractivity contribution in [2.24, 2.45) is 10.9 Å². The third-order valence-corrected chi connectivity index (χ3v) is 4.44. The number of nitrogens with zero attached hydrogens (tertiary/aromatic N) is 2. The highest BCUT2D eigenvalue weighted by Crippen LogP contribution is 2.24. The molecule has 1 atom stereocenters. The van der Waals surface area contributed by atoms with Crippen molar-refractivity contribution < 1.29 is 4.74 Å². The average molecular weight is 474 g/mol. The number of benzene rings is 1. The zero-order valence-corrected chi connectivity index (χ0v) is 18.7.